The number of likely N-dealkylation sites (tertiary alicyclic amines) is 1. The van der Waals surface area contributed by atoms with E-state index in [2.05, 4.69) is 0 Å². The van der Waals surface area contributed by atoms with E-state index in [1.807, 2.05) is 62.3 Å². The molecule has 3 aromatic carbocycles. The van der Waals surface area contributed by atoms with E-state index in [0.29, 0.717) is 35.9 Å². The Morgan fingerprint density at radius 1 is 1.03 bits per heavy atom. The van der Waals surface area contributed by atoms with Crippen LogP contribution in [0, 0.1) is 6.92 Å². The van der Waals surface area contributed by atoms with Gasteiger partial charge in [-0.05, 0) is 81.0 Å². The summed E-state index contributed by atoms with van der Waals surface area (Å²) < 4.78 is 5.91. The van der Waals surface area contributed by atoms with Gasteiger partial charge in [0.25, 0.3) is 11.7 Å². The maximum absolute atomic E-state index is 13.2. The number of carbonyl (C=O) groups excluding carboxylic acids is 2. The van der Waals surface area contributed by atoms with E-state index < -0.39 is 17.7 Å². The molecular weight excluding hydrogens is 488 g/mol. The minimum absolute atomic E-state index is 0.0817. The molecular formula is C30H31ClN2O4. The van der Waals surface area contributed by atoms with Crippen molar-refractivity contribution in [2.75, 3.05) is 27.2 Å². The first-order valence-electron chi connectivity index (χ1n) is 12.2. The smallest absolute Gasteiger partial charge is 0.295 e. The lowest BCUT2D eigenvalue weighted by atomic mass is 9.94. The van der Waals surface area contributed by atoms with E-state index in [1.54, 1.807) is 41.3 Å². The normalized spacial score (nSPS) is 17.0. The molecule has 0 aliphatic carbocycles. The highest BCUT2D eigenvalue weighted by atomic mass is 35.5. The first-order chi connectivity index (χ1) is 17.8. The Morgan fingerprint density at radius 3 is 2.38 bits per heavy atom. The van der Waals surface area contributed by atoms with Crippen molar-refractivity contribution in [3.63, 3.8) is 0 Å². The third kappa shape index (κ3) is 6.04. The van der Waals surface area contributed by atoms with Gasteiger partial charge in [0.2, 0.25) is 0 Å². The van der Waals surface area contributed by atoms with Crippen LogP contribution in [0.25, 0.3) is 5.76 Å². The molecule has 7 heteroatoms. The molecule has 192 valence electrons. The first-order valence-corrected chi connectivity index (χ1v) is 12.6. The summed E-state index contributed by atoms with van der Waals surface area (Å²) in [6.45, 7) is 3.41. The van der Waals surface area contributed by atoms with Crippen LogP contribution in [0.4, 0.5) is 0 Å². The summed E-state index contributed by atoms with van der Waals surface area (Å²) in [6, 6.07) is 21.5. The third-order valence-corrected chi connectivity index (χ3v) is 6.68. The highest BCUT2D eigenvalue weighted by Crippen LogP contribution is 2.40. The van der Waals surface area contributed by atoms with E-state index >= 15 is 0 Å². The zero-order valence-electron chi connectivity index (χ0n) is 21.3. The topological polar surface area (TPSA) is 70.1 Å². The molecule has 1 aliphatic rings. The molecule has 1 fully saturated rings. The minimum Gasteiger partial charge on any atom is -0.507 e. The fourth-order valence-corrected chi connectivity index (χ4v) is 4.66. The summed E-state index contributed by atoms with van der Waals surface area (Å²) in [5.41, 5.74) is 3.06. The molecule has 0 spiro atoms. The Bertz CT molecular complexity index is 1300. The molecule has 4 rings (SSSR count). The van der Waals surface area contributed by atoms with Crippen molar-refractivity contribution in [2.24, 2.45) is 0 Å². The number of Topliss-reactive ketones (excluding diaryl/α,β-unsaturated/α-hetero) is 1. The van der Waals surface area contributed by atoms with Crippen LogP contribution < -0.4 is 4.74 Å². The second-order valence-electron chi connectivity index (χ2n) is 9.45. The highest BCUT2D eigenvalue weighted by Gasteiger charge is 2.45. The molecule has 1 heterocycles. The van der Waals surface area contributed by atoms with E-state index in [-0.39, 0.29) is 11.3 Å². The van der Waals surface area contributed by atoms with Crippen LogP contribution in [-0.2, 0) is 16.2 Å². The largest absolute Gasteiger partial charge is 0.507 e. The number of aliphatic hydroxyl groups excluding tert-OH is 1. The number of benzene rings is 3. The summed E-state index contributed by atoms with van der Waals surface area (Å²) in [7, 11) is 3.92. The van der Waals surface area contributed by atoms with Gasteiger partial charge in [0, 0.05) is 17.1 Å². The van der Waals surface area contributed by atoms with Crippen LogP contribution in [0.3, 0.4) is 0 Å². The second-order valence-corrected chi connectivity index (χ2v) is 9.89. The van der Waals surface area contributed by atoms with Crippen LogP contribution in [0.1, 0.15) is 34.7 Å². The predicted molar refractivity (Wildman–Crippen MR) is 146 cm³/mol. The average molecular weight is 519 g/mol. The molecule has 1 amide bonds. The fraction of sp³-hybridized carbons (Fsp3) is 0.267. The first kappa shape index (κ1) is 26.5. The molecule has 0 saturated carbocycles. The van der Waals surface area contributed by atoms with Gasteiger partial charge < -0.3 is 19.6 Å². The van der Waals surface area contributed by atoms with Crippen molar-refractivity contribution >= 4 is 29.1 Å². The van der Waals surface area contributed by atoms with Gasteiger partial charge in [0.05, 0.1) is 11.6 Å². The van der Waals surface area contributed by atoms with Gasteiger partial charge in [0.1, 0.15) is 18.1 Å². The lowest BCUT2D eigenvalue weighted by Gasteiger charge is -2.26. The Kier molecular flexibility index (Phi) is 8.31. The fourth-order valence-electron chi connectivity index (χ4n) is 4.54. The van der Waals surface area contributed by atoms with Gasteiger partial charge in [-0.1, -0.05) is 54.1 Å². The number of rotatable bonds is 9. The van der Waals surface area contributed by atoms with E-state index in [9.17, 15) is 14.7 Å². The molecule has 1 aliphatic heterocycles. The molecule has 0 radical (unpaired) electrons. The molecule has 1 N–H and O–H groups in total. The maximum atomic E-state index is 13.2. The van der Waals surface area contributed by atoms with Crippen molar-refractivity contribution in [1.82, 2.24) is 9.80 Å². The molecule has 6 nitrogen and oxygen atoms in total. The standard InChI is InChI=1S/C30H31ClN2O4/c1-20-18-24(37-19-21-8-5-4-6-9-21)14-15-25(20)28(34)26-27(22-10-12-23(31)13-11-22)33(30(36)29(26)35)17-7-16-32(2)3/h4-6,8-15,18,27,34H,7,16-17,19H2,1-3H3/b28-26+/t27-/m0/s1. The Hall–Kier alpha value is -3.61. The van der Waals surface area contributed by atoms with Crippen molar-refractivity contribution < 1.29 is 19.4 Å². The number of aliphatic hydroxyl groups is 1. The summed E-state index contributed by atoms with van der Waals surface area (Å²) in [5, 5.41) is 12.0. The van der Waals surface area contributed by atoms with Crippen molar-refractivity contribution in [3.05, 3.63) is 106 Å². The van der Waals surface area contributed by atoms with E-state index in [0.717, 1.165) is 23.2 Å². The number of nitrogens with zero attached hydrogens (tertiary/aromatic N) is 2. The number of ketones is 1. The van der Waals surface area contributed by atoms with E-state index in [1.165, 1.54) is 0 Å². The van der Waals surface area contributed by atoms with Crippen molar-refractivity contribution in [3.8, 4) is 5.75 Å². The monoisotopic (exact) mass is 518 g/mol. The number of carbonyl (C=O) groups is 2. The van der Waals surface area contributed by atoms with Gasteiger partial charge in [-0.25, -0.2) is 0 Å². The molecule has 37 heavy (non-hydrogen) atoms. The van der Waals surface area contributed by atoms with Gasteiger partial charge in [-0.15, -0.1) is 0 Å². The Labute approximate surface area is 222 Å². The van der Waals surface area contributed by atoms with Gasteiger partial charge in [-0.2, -0.15) is 0 Å². The lowest BCUT2D eigenvalue weighted by Crippen LogP contribution is -2.32. The molecule has 3 aromatic rings. The summed E-state index contributed by atoms with van der Waals surface area (Å²) in [4.78, 5) is 29.9. The molecule has 1 atom stereocenters. The molecule has 1 saturated heterocycles. The van der Waals surface area contributed by atoms with Crippen LogP contribution in [0.15, 0.2) is 78.4 Å². The quantitative estimate of drug-likeness (QED) is 0.227. The molecule has 0 unspecified atom stereocenters. The van der Waals surface area contributed by atoms with Crippen LogP contribution in [-0.4, -0.2) is 53.8 Å². The number of ether oxygens (including phenoxy) is 1. The Morgan fingerprint density at radius 2 is 1.73 bits per heavy atom. The van der Waals surface area contributed by atoms with Gasteiger partial charge in [-0.3, -0.25) is 9.59 Å². The number of amides is 1. The predicted octanol–water partition coefficient (Wildman–Crippen LogP) is 5.60. The minimum atomic E-state index is -0.701. The number of halogens is 1. The number of aryl methyl sites for hydroxylation is 1. The number of hydrogen-bond acceptors (Lipinski definition) is 5. The average Bonchev–Trinajstić information content (AvgIpc) is 3.13. The van der Waals surface area contributed by atoms with E-state index in [4.69, 9.17) is 16.3 Å². The second kappa shape index (κ2) is 11.6. The van der Waals surface area contributed by atoms with Crippen LogP contribution in [0.2, 0.25) is 5.02 Å². The summed E-state index contributed by atoms with van der Waals surface area (Å²) in [6.07, 6.45) is 0.691. The lowest BCUT2D eigenvalue weighted by molar-refractivity contribution is -0.139. The summed E-state index contributed by atoms with van der Waals surface area (Å²) >= 11 is 6.10. The van der Waals surface area contributed by atoms with Gasteiger partial charge in [0.15, 0.2) is 0 Å². The van der Waals surface area contributed by atoms with Crippen LogP contribution in [0.5, 0.6) is 5.75 Å². The zero-order chi connectivity index (χ0) is 26.5. The maximum Gasteiger partial charge on any atom is 0.295 e. The molecule has 0 aromatic heterocycles. The van der Waals surface area contributed by atoms with Crippen molar-refractivity contribution in [2.45, 2.75) is 26.0 Å². The zero-order valence-corrected chi connectivity index (χ0v) is 22.0. The SMILES string of the molecule is Cc1cc(OCc2ccccc2)ccc1/C(O)=C1\C(=O)C(=O)N(CCCN(C)C)[C@H]1c1ccc(Cl)cc1. The van der Waals surface area contributed by atoms with Gasteiger partial charge >= 0.3 is 0 Å². The Balaban J connectivity index is 1.68. The summed E-state index contributed by atoms with van der Waals surface area (Å²) in [5.74, 6) is -0.844. The third-order valence-electron chi connectivity index (χ3n) is 6.43. The number of hydrogen-bond donors (Lipinski definition) is 1. The van der Waals surface area contributed by atoms with Crippen LogP contribution >= 0.6 is 11.6 Å². The molecule has 0 bridgehead atoms. The van der Waals surface area contributed by atoms with Crippen molar-refractivity contribution in [1.29, 1.82) is 0 Å². The highest BCUT2D eigenvalue weighted by molar-refractivity contribution is 6.46.